The predicted octanol–water partition coefficient (Wildman–Crippen LogP) is 0.974. The number of aryl methyl sites for hydroxylation is 1. The van der Waals surface area contributed by atoms with Crippen LogP contribution in [0, 0.1) is 18.8 Å². The van der Waals surface area contributed by atoms with Crippen LogP contribution in [0.25, 0.3) is 0 Å². The maximum absolute atomic E-state index is 12.4. The first-order valence-electron chi connectivity index (χ1n) is 6.61. The van der Waals surface area contributed by atoms with Gasteiger partial charge in [0.2, 0.25) is 0 Å². The van der Waals surface area contributed by atoms with Crippen LogP contribution in [0.2, 0.25) is 0 Å². The Kier molecular flexibility index (Phi) is 6.44. The molecule has 1 amide bonds. The van der Waals surface area contributed by atoms with Crippen molar-refractivity contribution in [3.05, 3.63) is 34.9 Å². The van der Waals surface area contributed by atoms with Gasteiger partial charge in [0.15, 0.2) is 0 Å². The number of carbonyl (C=O) groups excluding carboxylic acids is 2. The van der Waals surface area contributed by atoms with Crippen molar-refractivity contribution in [2.24, 2.45) is 0 Å². The molecule has 0 aromatic heterocycles. The lowest BCUT2D eigenvalue weighted by atomic mass is 10.0. The number of esters is 1. The van der Waals surface area contributed by atoms with Crippen molar-refractivity contribution in [3.63, 3.8) is 0 Å². The lowest BCUT2D eigenvalue weighted by molar-refractivity contribution is -0.143. The van der Waals surface area contributed by atoms with Crippen LogP contribution in [0.4, 0.5) is 0 Å². The molecule has 0 aliphatic carbocycles. The van der Waals surface area contributed by atoms with Crippen LogP contribution < -0.4 is 0 Å². The number of nitrogens with zero attached hydrogens (tertiary/aromatic N) is 1. The summed E-state index contributed by atoms with van der Waals surface area (Å²) in [4.78, 5) is 25.1. The summed E-state index contributed by atoms with van der Waals surface area (Å²) in [6.45, 7) is 3.46. The Morgan fingerprint density at radius 1 is 1.38 bits per heavy atom. The van der Waals surface area contributed by atoms with Crippen LogP contribution in [0.15, 0.2) is 18.2 Å². The van der Waals surface area contributed by atoms with E-state index in [9.17, 15) is 9.59 Å². The molecule has 0 unspecified atom stereocenters. The molecule has 1 N–H and O–H groups in total. The fourth-order valence-corrected chi connectivity index (χ4v) is 1.76. The number of hydrogen-bond donors (Lipinski definition) is 1. The molecule has 0 saturated heterocycles. The van der Waals surface area contributed by atoms with Crippen molar-refractivity contribution in [2.45, 2.75) is 13.8 Å². The third-order valence-electron chi connectivity index (χ3n) is 2.73. The topological polar surface area (TPSA) is 66.8 Å². The summed E-state index contributed by atoms with van der Waals surface area (Å²) in [6.07, 6.45) is 0. The molecule has 5 heteroatoms. The fraction of sp³-hybridized carbons (Fsp3) is 0.375. The van der Waals surface area contributed by atoms with E-state index in [0.29, 0.717) is 11.1 Å². The summed E-state index contributed by atoms with van der Waals surface area (Å²) in [5.74, 6) is 4.50. The van der Waals surface area contributed by atoms with E-state index in [1.54, 1.807) is 19.1 Å². The van der Waals surface area contributed by atoms with Crippen LogP contribution in [0.1, 0.15) is 28.4 Å². The first kappa shape index (κ1) is 16.7. The van der Waals surface area contributed by atoms with Gasteiger partial charge in [-0.3, -0.25) is 9.59 Å². The zero-order valence-corrected chi connectivity index (χ0v) is 12.5. The van der Waals surface area contributed by atoms with Crippen molar-refractivity contribution in [1.29, 1.82) is 0 Å². The Bertz CT molecular complexity index is 584. The highest BCUT2D eigenvalue weighted by molar-refractivity contribution is 5.98. The van der Waals surface area contributed by atoms with Gasteiger partial charge in [0.1, 0.15) is 13.2 Å². The number of likely N-dealkylation sites (N-methyl/N-ethyl adjacent to an activating group) is 1. The normalized spacial score (nSPS) is 9.52. The van der Waals surface area contributed by atoms with E-state index < -0.39 is 5.97 Å². The minimum absolute atomic E-state index is 0.118. The maximum Gasteiger partial charge on any atom is 0.325 e. The quantitative estimate of drug-likeness (QED) is 0.662. The zero-order chi connectivity index (χ0) is 15.8. The minimum atomic E-state index is -0.455. The van der Waals surface area contributed by atoms with Gasteiger partial charge in [-0.1, -0.05) is 23.5 Å². The second kappa shape index (κ2) is 8.08. The summed E-state index contributed by atoms with van der Waals surface area (Å²) in [5.41, 5.74) is 1.84. The molecule has 0 heterocycles. The molecule has 0 spiro atoms. The van der Waals surface area contributed by atoms with Crippen LogP contribution in [-0.4, -0.2) is 48.7 Å². The van der Waals surface area contributed by atoms with Crippen LogP contribution in [0.3, 0.4) is 0 Å². The molecule has 0 radical (unpaired) electrons. The van der Waals surface area contributed by atoms with Gasteiger partial charge < -0.3 is 14.7 Å². The number of aliphatic hydroxyl groups excluding tert-OH is 1. The second-order valence-corrected chi connectivity index (χ2v) is 4.48. The first-order chi connectivity index (χ1) is 9.99. The SMILES string of the molecule is CCOC(=O)CN(C)C(=O)c1cc(C)ccc1C#CCO. The minimum Gasteiger partial charge on any atom is -0.465 e. The summed E-state index contributed by atoms with van der Waals surface area (Å²) >= 11 is 0. The highest BCUT2D eigenvalue weighted by Gasteiger charge is 2.18. The summed E-state index contributed by atoms with van der Waals surface area (Å²) in [5, 5.41) is 8.77. The van der Waals surface area contributed by atoms with Gasteiger partial charge in [-0.05, 0) is 26.0 Å². The maximum atomic E-state index is 12.4. The van der Waals surface area contributed by atoms with Crippen LogP contribution >= 0.6 is 0 Å². The average molecular weight is 289 g/mol. The molecule has 0 saturated carbocycles. The first-order valence-corrected chi connectivity index (χ1v) is 6.61. The number of amides is 1. The lowest BCUT2D eigenvalue weighted by Gasteiger charge is -2.17. The predicted molar refractivity (Wildman–Crippen MR) is 78.7 cm³/mol. The molecule has 0 aliphatic heterocycles. The van der Waals surface area contributed by atoms with E-state index in [4.69, 9.17) is 9.84 Å². The largest absolute Gasteiger partial charge is 0.465 e. The molecule has 1 aromatic rings. The summed E-state index contributed by atoms with van der Waals surface area (Å²) < 4.78 is 4.82. The van der Waals surface area contributed by atoms with E-state index in [-0.39, 0.29) is 25.7 Å². The number of rotatable bonds is 4. The average Bonchev–Trinajstić information content (AvgIpc) is 2.45. The highest BCUT2D eigenvalue weighted by atomic mass is 16.5. The van der Waals surface area contributed by atoms with Gasteiger partial charge in [-0.25, -0.2) is 0 Å². The summed E-state index contributed by atoms with van der Waals surface area (Å²) in [7, 11) is 1.53. The monoisotopic (exact) mass is 289 g/mol. The van der Waals surface area contributed by atoms with E-state index >= 15 is 0 Å². The molecule has 0 atom stereocenters. The third kappa shape index (κ3) is 4.93. The molecule has 112 valence electrons. The van der Waals surface area contributed by atoms with Crippen LogP contribution in [0.5, 0.6) is 0 Å². The van der Waals surface area contributed by atoms with Gasteiger partial charge in [0.25, 0.3) is 5.91 Å². The molecule has 1 rings (SSSR count). The molecule has 0 bridgehead atoms. The highest BCUT2D eigenvalue weighted by Crippen LogP contribution is 2.13. The second-order valence-electron chi connectivity index (χ2n) is 4.48. The molecule has 1 aromatic carbocycles. The molecule has 0 aliphatic rings. The molecule has 21 heavy (non-hydrogen) atoms. The van der Waals surface area contributed by atoms with Crippen molar-refractivity contribution >= 4 is 11.9 Å². The van der Waals surface area contributed by atoms with Gasteiger partial charge in [-0.15, -0.1) is 0 Å². The Morgan fingerprint density at radius 2 is 2.10 bits per heavy atom. The van der Waals surface area contributed by atoms with Gasteiger partial charge in [0, 0.05) is 12.6 Å². The van der Waals surface area contributed by atoms with Gasteiger partial charge in [-0.2, -0.15) is 0 Å². The third-order valence-corrected chi connectivity index (χ3v) is 2.73. The van der Waals surface area contributed by atoms with E-state index in [1.807, 2.05) is 13.0 Å². The lowest BCUT2D eigenvalue weighted by Crippen LogP contribution is -2.33. The Morgan fingerprint density at radius 3 is 2.71 bits per heavy atom. The van der Waals surface area contributed by atoms with Crippen molar-refractivity contribution in [1.82, 2.24) is 4.90 Å². The molecule has 5 nitrogen and oxygen atoms in total. The number of hydrogen-bond acceptors (Lipinski definition) is 4. The number of carbonyl (C=O) groups is 2. The molecular weight excluding hydrogens is 270 g/mol. The Labute approximate surface area is 124 Å². The molecular formula is C16H19NO4. The van der Waals surface area contributed by atoms with Crippen LogP contribution in [-0.2, 0) is 9.53 Å². The Balaban J connectivity index is 3.00. The Hall–Kier alpha value is -2.32. The summed E-state index contributed by atoms with van der Waals surface area (Å²) in [6, 6.07) is 5.28. The molecule has 0 fully saturated rings. The number of aliphatic hydroxyl groups is 1. The van der Waals surface area contributed by atoms with Crippen molar-refractivity contribution < 1.29 is 19.4 Å². The zero-order valence-electron chi connectivity index (χ0n) is 12.5. The van der Waals surface area contributed by atoms with E-state index in [1.165, 1.54) is 11.9 Å². The van der Waals surface area contributed by atoms with Gasteiger partial charge in [0.05, 0.1) is 12.2 Å². The van der Waals surface area contributed by atoms with Gasteiger partial charge >= 0.3 is 5.97 Å². The number of benzene rings is 1. The number of ether oxygens (including phenoxy) is 1. The smallest absolute Gasteiger partial charge is 0.325 e. The van der Waals surface area contributed by atoms with Crippen molar-refractivity contribution in [2.75, 3.05) is 26.8 Å². The van der Waals surface area contributed by atoms with Crippen molar-refractivity contribution in [3.8, 4) is 11.8 Å². The van der Waals surface area contributed by atoms with E-state index in [0.717, 1.165) is 5.56 Å². The fourth-order valence-electron chi connectivity index (χ4n) is 1.76. The van der Waals surface area contributed by atoms with E-state index in [2.05, 4.69) is 11.8 Å². The standard InChI is InChI=1S/C16H19NO4/c1-4-21-15(19)11-17(3)16(20)14-10-12(2)7-8-13(14)6-5-9-18/h7-8,10,18H,4,9,11H2,1-3H3.